The maximum Gasteiger partial charge on any atom is 0.339 e. The average Bonchev–Trinajstić information content (AvgIpc) is 2.69. The standard InChI is InChI=1S/C21H20N2O2/c24-20(17-7-2-1-3-8-17)25-21(11-14-22-15-12-21)19-18-9-5-4-6-16(18)10-13-23-19/h1-10,13,22H,11-12,14-15H2. The van der Waals surface area contributed by atoms with Crippen LogP contribution in [0, 0.1) is 0 Å². The first kappa shape index (κ1) is 15.8. The minimum absolute atomic E-state index is 0.294. The molecular weight excluding hydrogens is 312 g/mol. The van der Waals surface area contributed by atoms with Gasteiger partial charge in [-0.1, -0.05) is 42.5 Å². The molecule has 0 bridgehead atoms. The maximum atomic E-state index is 12.8. The van der Waals surface area contributed by atoms with Crippen molar-refractivity contribution in [3.63, 3.8) is 0 Å². The molecule has 0 unspecified atom stereocenters. The van der Waals surface area contributed by atoms with Gasteiger partial charge in [-0.25, -0.2) is 4.79 Å². The molecule has 1 aliphatic heterocycles. The van der Waals surface area contributed by atoms with Crippen LogP contribution in [0.1, 0.15) is 28.9 Å². The fourth-order valence-electron chi connectivity index (χ4n) is 3.51. The van der Waals surface area contributed by atoms with Gasteiger partial charge in [0.1, 0.15) is 0 Å². The number of fused-ring (bicyclic) bond motifs is 1. The van der Waals surface area contributed by atoms with Crippen LogP contribution in [0.5, 0.6) is 0 Å². The number of piperidine rings is 1. The Labute approximate surface area is 146 Å². The molecule has 0 aliphatic carbocycles. The van der Waals surface area contributed by atoms with Gasteiger partial charge in [0.15, 0.2) is 5.60 Å². The van der Waals surface area contributed by atoms with Crippen molar-refractivity contribution in [3.05, 3.63) is 78.1 Å². The summed E-state index contributed by atoms with van der Waals surface area (Å²) in [6.07, 6.45) is 3.23. The van der Waals surface area contributed by atoms with Crippen LogP contribution in [0.4, 0.5) is 0 Å². The molecule has 126 valence electrons. The highest BCUT2D eigenvalue weighted by Crippen LogP contribution is 2.38. The summed E-state index contributed by atoms with van der Waals surface area (Å²) in [7, 11) is 0. The Balaban J connectivity index is 1.78. The molecule has 25 heavy (non-hydrogen) atoms. The monoisotopic (exact) mass is 332 g/mol. The van der Waals surface area contributed by atoms with Gasteiger partial charge in [-0.2, -0.15) is 0 Å². The van der Waals surface area contributed by atoms with Gasteiger partial charge < -0.3 is 10.1 Å². The highest BCUT2D eigenvalue weighted by molar-refractivity contribution is 5.90. The van der Waals surface area contributed by atoms with Gasteiger partial charge in [0.25, 0.3) is 0 Å². The van der Waals surface area contributed by atoms with Gasteiger partial charge in [0, 0.05) is 24.4 Å². The third kappa shape index (κ3) is 3.01. The molecule has 1 saturated heterocycles. The first-order valence-electron chi connectivity index (χ1n) is 8.62. The lowest BCUT2D eigenvalue weighted by atomic mass is 9.85. The maximum absolute atomic E-state index is 12.8. The number of hydrogen-bond acceptors (Lipinski definition) is 4. The normalized spacial score (nSPS) is 16.5. The number of esters is 1. The van der Waals surface area contributed by atoms with Gasteiger partial charge in [-0.05, 0) is 36.7 Å². The smallest absolute Gasteiger partial charge is 0.339 e. The molecule has 2 heterocycles. The van der Waals surface area contributed by atoms with E-state index in [4.69, 9.17) is 4.74 Å². The summed E-state index contributed by atoms with van der Waals surface area (Å²) in [5, 5.41) is 5.51. The summed E-state index contributed by atoms with van der Waals surface area (Å²) in [6.45, 7) is 1.60. The van der Waals surface area contributed by atoms with Gasteiger partial charge in [-0.3, -0.25) is 4.98 Å². The molecule has 1 aliphatic rings. The van der Waals surface area contributed by atoms with Gasteiger partial charge in [0.05, 0.1) is 11.3 Å². The Kier molecular flexibility index (Phi) is 4.20. The topological polar surface area (TPSA) is 51.2 Å². The highest BCUT2D eigenvalue weighted by Gasteiger charge is 2.40. The van der Waals surface area contributed by atoms with Crippen molar-refractivity contribution >= 4 is 16.7 Å². The van der Waals surface area contributed by atoms with E-state index in [1.54, 1.807) is 18.3 Å². The first-order chi connectivity index (χ1) is 12.3. The van der Waals surface area contributed by atoms with E-state index in [0.717, 1.165) is 29.6 Å². The molecule has 0 spiro atoms. The fraction of sp³-hybridized carbons (Fsp3) is 0.238. The Morgan fingerprint density at radius 2 is 1.68 bits per heavy atom. The number of aromatic nitrogens is 1. The summed E-state index contributed by atoms with van der Waals surface area (Å²) in [6, 6.07) is 19.3. The lowest BCUT2D eigenvalue weighted by Crippen LogP contribution is -2.43. The predicted octanol–water partition coefficient (Wildman–Crippen LogP) is 3.67. The Bertz CT molecular complexity index is 881. The summed E-state index contributed by atoms with van der Waals surface area (Å²) in [5.74, 6) is -0.294. The van der Waals surface area contributed by atoms with Crippen LogP contribution >= 0.6 is 0 Å². The Hall–Kier alpha value is -2.72. The van der Waals surface area contributed by atoms with Crippen molar-refractivity contribution in [2.24, 2.45) is 0 Å². The summed E-state index contributed by atoms with van der Waals surface area (Å²) < 4.78 is 6.12. The third-order valence-electron chi connectivity index (χ3n) is 4.81. The summed E-state index contributed by atoms with van der Waals surface area (Å²) in [4.78, 5) is 17.4. The van der Waals surface area contributed by atoms with E-state index in [9.17, 15) is 4.79 Å². The van der Waals surface area contributed by atoms with Crippen molar-refractivity contribution in [2.45, 2.75) is 18.4 Å². The number of carbonyl (C=O) groups is 1. The average molecular weight is 332 g/mol. The lowest BCUT2D eigenvalue weighted by Gasteiger charge is -2.37. The van der Waals surface area contributed by atoms with Crippen LogP contribution < -0.4 is 5.32 Å². The van der Waals surface area contributed by atoms with Gasteiger partial charge >= 0.3 is 5.97 Å². The second-order valence-electron chi connectivity index (χ2n) is 6.38. The molecule has 1 aromatic heterocycles. The number of pyridine rings is 1. The number of nitrogens with zero attached hydrogens (tertiary/aromatic N) is 1. The summed E-state index contributed by atoms with van der Waals surface area (Å²) in [5.41, 5.74) is 0.732. The Morgan fingerprint density at radius 1 is 0.960 bits per heavy atom. The van der Waals surface area contributed by atoms with Crippen molar-refractivity contribution < 1.29 is 9.53 Å². The minimum atomic E-state index is -0.695. The number of rotatable bonds is 3. The fourth-order valence-corrected chi connectivity index (χ4v) is 3.51. The largest absolute Gasteiger partial charge is 0.449 e. The highest BCUT2D eigenvalue weighted by atomic mass is 16.6. The molecule has 1 N–H and O–H groups in total. The second-order valence-corrected chi connectivity index (χ2v) is 6.38. The third-order valence-corrected chi connectivity index (χ3v) is 4.81. The molecule has 0 saturated carbocycles. The van der Waals surface area contributed by atoms with Gasteiger partial charge in [-0.15, -0.1) is 0 Å². The molecule has 0 radical (unpaired) electrons. The SMILES string of the molecule is O=C(OC1(c2nccc3ccccc23)CCNCC1)c1ccccc1. The lowest BCUT2D eigenvalue weighted by molar-refractivity contribution is -0.0393. The number of carbonyl (C=O) groups excluding carboxylic acids is 1. The molecule has 0 atom stereocenters. The molecule has 1 fully saturated rings. The molecular formula is C21H20N2O2. The van der Waals surface area contributed by atoms with Gasteiger partial charge in [0.2, 0.25) is 0 Å². The quantitative estimate of drug-likeness (QED) is 0.744. The van der Waals surface area contributed by atoms with Crippen LogP contribution in [0.25, 0.3) is 10.8 Å². The van der Waals surface area contributed by atoms with Crippen molar-refractivity contribution in [1.82, 2.24) is 10.3 Å². The number of hydrogen-bond donors (Lipinski definition) is 1. The molecule has 4 heteroatoms. The molecule has 4 rings (SSSR count). The molecule has 2 aromatic carbocycles. The molecule has 4 nitrogen and oxygen atoms in total. The first-order valence-corrected chi connectivity index (χ1v) is 8.62. The van der Waals surface area contributed by atoms with E-state index < -0.39 is 5.60 Å². The van der Waals surface area contributed by atoms with Crippen LogP contribution in [0.2, 0.25) is 0 Å². The van der Waals surface area contributed by atoms with Crippen molar-refractivity contribution in [3.8, 4) is 0 Å². The molecule has 3 aromatic rings. The van der Waals surface area contributed by atoms with E-state index >= 15 is 0 Å². The minimum Gasteiger partial charge on any atom is -0.449 e. The predicted molar refractivity (Wildman–Crippen MR) is 97.4 cm³/mol. The Morgan fingerprint density at radius 3 is 2.48 bits per heavy atom. The second kappa shape index (κ2) is 6.65. The summed E-state index contributed by atoms with van der Waals surface area (Å²) >= 11 is 0. The van der Waals surface area contributed by atoms with Crippen molar-refractivity contribution in [2.75, 3.05) is 13.1 Å². The van der Waals surface area contributed by atoms with E-state index in [0.29, 0.717) is 18.4 Å². The molecule has 0 amide bonds. The van der Waals surface area contributed by atoms with Crippen LogP contribution in [0.3, 0.4) is 0 Å². The zero-order valence-corrected chi connectivity index (χ0v) is 13.9. The van der Waals surface area contributed by atoms with Crippen LogP contribution in [0.15, 0.2) is 66.9 Å². The van der Waals surface area contributed by atoms with E-state index in [2.05, 4.69) is 22.4 Å². The van der Waals surface area contributed by atoms with E-state index in [1.165, 1.54) is 0 Å². The zero-order valence-electron chi connectivity index (χ0n) is 13.9. The number of ether oxygens (including phenoxy) is 1. The van der Waals surface area contributed by atoms with Crippen LogP contribution in [-0.2, 0) is 10.3 Å². The zero-order chi connectivity index (χ0) is 17.1. The van der Waals surface area contributed by atoms with E-state index in [1.807, 2.05) is 36.4 Å². The van der Waals surface area contributed by atoms with E-state index in [-0.39, 0.29) is 5.97 Å². The van der Waals surface area contributed by atoms with Crippen molar-refractivity contribution in [1.29, 1.82) is 0 Å². The van der Waals surface area contributed by atoms with Crippen LogP contribution in [-0.4, -0.2) is 24.0 Å². The number of nitrogens with one attached hydrogen (secondary N) is 1. The number of benzene rings is 2.